The molecule has 0 radical (unpaired) electrons. The molecule has 0 fully saturated rings. The predicted octanol–water partition coefficient (Wildman–Crippen LogP) is 16.1. The molecule has 10 aromatic rings. The highest BCUT2D eigenvalue weighted by atomic mass is 32.1. The summed E-state index contributed by atoms with van der Waals surface area (Å²) in [5.74, 6) is 0. The van der Waals surface area contributed by atoms with Gasteiger partial charge in [-0.3, -0.25) is 0 Å². The molecule has 280 valence electrons. The van der Waals surface area contributed by atoms with Crippen molar-refractivity contribution in [3.63, 3.8) is 0 Å². The first-order valence-electron chi connectivity index (χ1n) is 19.8. The monoisotopic (exact) mass is 790 g/mol. The maximum atomic E-state index is 5.02. The molecule has 9 aromatic carbocycles. The number of fused-ring (bicyclic) bond motifs is 1. The van der Waals surface area contributed by atoms with Crippen LogP contribution in [0.4, 0.5) is 17.1 Å². The number of hydrogen-bond acceptors (Lipinski definition) is 4. The van der Waals surface area contributed by atoms with Crippen molar-refractivity contribution in [2.45, 2.75) is 4.90 Å². The smallest absolute Gasteiger partial charge is 0.124 e. The first kappa shape index (κ1) is 36.4. The van der Waals surface area contributed by atoms with Crippen molar-refractivity contribution in [2.75, 3.05) is 4.90 Å². The van der Waals surface area contributed by atoms with Crippen molar-refractivity contribution in [1.29, 1.82) is 0 Å². The van der Waals surface area contributed by atoms with Gasteiger partial charge >= 0.3 is 0 Å². The molecule has 0 unspecified atom stereocenters. The Labute approximate surface area is 354 Å². The van der Waals surface area contributed by atoms with Gasteiger partial charge in [-0.15, -0.1) is 24.0 Å². The third-order valence-electron chi connectivity index (χ3n) is 10.8. The average Bonchev–Trinajstić information content (AvgIpc) is 3.73. The fourth-order valence-corrected chi connectivity index (χ4v) is 9.22. The van der Waals surface area contributed by atoms with Crippen molar-refractivity contribution in [3.8, 4) is 66.2 Å². The maximum Gasteiger partial charge on any atom is 0.124 e. The Morgan fingerprint density at radius 1 is 0.339 bits per heavy atom. The van der Waals surface area contributed by atoms with E-state index < -0.39 is 0 Å². The molecule has 0 saturated carbocycles. The van der Waals surface area contributed by atoms with E-state index in [1.807, 2.05) is 6.07 Å². The lowest BCUT2D eigenvalue weighted by molar-refractivity contribution is 1.28. The summed E-state index contributed by atoms with van der Waals surface area (Å²) < 4.78 is 1.14. The summed E-state index contributed by atoms with van der Waals surface area (Å²) in [6.07, 6.45) is 0. The van der Waals surface area contributed by atoms with Crippen LogP contribution in [0.1, 0.15) is 0 Å². The van der Waals surface area contributed by atoms with Gasteiger partial charge in [-0.1, -0.05) is 176 Å². The van der Waals surface area contributed by atoms with Gasteiger partial charge in [0.05, 0.1) is 10.2 Å². The van der Waals surface area contributed by atoms with E-state index in [0.717, 1.165) is 65.0 Å². The number of thiazole rings is 1. The second-order valence-electron chi connectivity index (χ2n) is 14.5. The molecule has 4 heteroatoms. The van der Waals surface area contributed by atoms with Gasteiger partial charge in [-0.2, -0.15) is 0 Å². The van der Waals surface area contributed by atoms with Crippen molar-refractivity contribution in [2.24, 2.45) is 0 Å². The molecule has 10 rings (SSSR count). The number of thiol groups is 1. The second-order valence-corrected chi connectivity index (χ2v) is 16.0. The third-order valence-corrected chi connectivity index (χ3v) is 12.3. The summed E-state index contributed by atoms with van der Waals surface area (Å²) in [6, 6.07) is 80.0. The molecule has 1 heterocycles. The largest absolute Gasteiger partial charge is 0.310 e. The summed E-state index contributed by atoms with van der Waals surface area (Å²) in [7, 11) is 0. The van der Waals surface area contributed by atoms with E-state index in [1.165, 1.54) is 33.4 Å². The number of rotatable bonds is 9. The number of nitrogens with zero attached hydrogens (tertiary/aromatic N) is 2. The molecule has 0 spiro atoms. The summed E-state index contributed by atoms with van der Waals surface area (Å²) in [4.78, 5) is 8.23. The highest BCUT2D eigenvalue weighted by Crippen LogP contribution is 2.44. The van der Waals surface area contributed by atoms with Crippen LogP contribution in [0.15, 0.2) is 229 Å². The minimum absolute atomic E-state index is 0.907. The fraction of sp³-hybridized carbons (Fsp3) is 0. The van der Waals surface area contributed by atoms with E-state index in [9.17, 15) is 0 Å². The fourth-order valence-electron chi connectivity index (χ4n) is 7.92. The van der Waals surface area contributed by atoms with Gasteiger partial charge in [0.25, 0.3) is 0 Å². The molecule has 0 aliphatic heterocycles. The third kappa shape index (κ3) is 7.37. The van der Waals surface area contributed by atoms with Crippen molar-refractivity contribution in [1.82, 2.24) is 4.98 Å². The Bertz CT molecular complexity index is 3020. The Kier molecular flexibility index (Phi) is 9.93. The normalized spacial score (nSPS) is 11.1. The number of benzene rings is 9. The summed E-state index contributed by atoms with van der Waals surface area (Å²) in [5, 5.41) is 1.01. The summed E-state index contributed by atoms with van der Waals surface area (Å²) in [5.41, 5.74) is 17.0. The summed E-state index contributed by atoms with van der Waals surface area (Å²) >= 11 is 6.74. The average molecular weight is 791 g/mol. The molecule has 0 aliphatic carbocycles. The minimum Gasteiger partial charge on any atom is -0.310 e. The Balaban J connectivity index is 1.06. The molecule has 59 heavy (non-hydrogen) atoms. The van der Waals surface area contributed by atoms with Gasteiger partial charge in [0.15, 0.2) is 0 Å². The Morgan fingerprint density at radius 2 is 0.780 bits per heavy atom. The molecule has 0 atom stereocenters. The Hall–Kier alpha value is -6.98. The van der Waals surface area contributed by atoms with E-state index in [4.69, 9.17) is 17.6 Å². The SMILES string of the molecule is Sc1cc2nc(-c3ccccc3)sc2cc1-c1ccccc1-c1ccc(N(c2ccc(-c3ccccc3)cc2)c2ccc(-c3ccccc3)c(-c3ccccc3)c2)cc1. The van der Waals surface area contributed by atoms with E-state index in [1.54, 1.807) is 11.3 Å². The van der Waals surface area contributed by atoms with Gasteiger partial charge in [-0.05, 0) is 104 Å². The minimum atomic E-state index is 0.907. The lowest BCUT2D eigenvalue weighted by Gasteiger charge is -2.27. The number of aromatic nitrogens is 1. The molecular weight excluding hydrogens is 753 g/mol. The van der Waals surface area contributed by atoms with Crippen LogP contribution in [0.25, 0.3) is 76.4 Å². The quantitative estimate of drug-likeness (QED) is 0.147. The molecule has 0 aliphatic rings. The number of anilines is 3. The zero-order valence-electron chi connectivity index (χ0n) is 32.1. The van der Waals surface area contributed by atoms with Crippen molar-refractivity contribution >= 4 is 51.2 Å². The first-order chi connectivity index (χ1) is 29.2. The van der Waals surface area contributed by atoms with E-state index in [0.29, 0.717) is 0 Å². The van der Waals surface area contributed by atoms with Crippen LogP contribution in [0.2, 0.25) is 0 Å². The number of hydrogen-bond donors (Lipinski definition) is 1. The highest BCUT2D eigenvalue weighted by Gasteiger charge is 2.19. The van der Waals surface area contributed by atoms with E-state index in [-0.39, 0.29) is 0 Å². The van der Waals surface area contributed by atoms with Crippen LogP contribution in [0.3, 0.4) is 0 Å². The van der Waals surface area contributed by atoms with Crippen LogP contribution < -0.4 is 4.90 Å². The van der Waals surface area contributed by atoms with E-state index in [2.05, 4.69) is 223 Å². The van der Waals surface area contributed by atoms with E-state index >= 15 is 0 Å². The van der Waals surface area contributed by atoms with Crippen LogP contribution in [-0.2, 0) is 0 Å². The molecule has 0 bridgehead atoms. The standard InChI is InChI=1S/C55H38N2S2/c58-53-37-52-54(59-55(56-52)43-21-11-4-12-22-43)36-51(53)49-24-14-13-23-47(49)42-27-31-45(32-28-42)57(44-29-25-39(26-30-44)38-15-5-1-6-16-38)46-33-34-48(40-17-7-2-8-18-40)50(35-46)41-19-9-3-10-20-41/h1-37,58H. The van der Waals surface area contributed by atoms with Gasteiger partial charge in [0.2, 0.25) is 0 Å². The lowest BCUT2D eigenvalue weighted by Crippen LogP contribution is -2.10. The zero-order chi connectivity index (χ0) is 39.5. The van der Waals surface area contributed by atoms with Crippen LogP contribution >= 0.6 is 24.0 Å². The first-order valence-corrected chi connectivity index (χ1v) is 21.0. The second kappa shape index (κ2) is 16.1. The molecule has 2 nitrogen and oxygen atoms in total. The van der Waals surface area contributed by atoms with Crippen LogP contribution in [-0.4, -0.2) is 4.98 Å². The molecule has 0 N–H and O–H groups in total. The van der Waals surface area contributed by atoms with Gasteiger partial charge in [0, 0.05) is 27.5 Å². The van der Waals surface area contributed by atoms with Crippen LogP contribution in [0, 0.1) is 0 Å². The van der Waals surface area contributed by atoms with Crippen molar-refractivity contribution in [3.05, 3.63) is 224 Å². The van der Waals surface area contributed by atoms with Gasteiger partial charge in [-0.25, -0.2) is 4.98 Å². The molecule has 0 saturated heterocycles. The summed E-state index contributed by atoms with van der Waals surface area (Å²) in [6.45, 7) is 0. The maximum absolute atomic E-state index is 5.02. The predicted molar refractivity (Wildman–Crippen MR) is 254 cm³/mol. The molecular formula is C55H38N2S2. The highest BCUT2D eigenvalue weighted by molar-refractivity contribution is 7.80. The van der Waals surface area contributed by atoms with Gasteiger partial charge in [0.1, 0.15) is 5.01 Å². The Morgan fingerprint density at radius 3 is 1.39 bits per heavy atom. The van der Waals surface area contributed by atoms with Crippen LogP contribution in [0.5, 0.6) is 0 Å². The van der Waals surface area contributed by atoms with Crippen molar-refractivity contribution < 1.29 is 0 Å². The zero-order valence-corrected chi connectivity index (χ0v) is 33.8. The molecule has 0 amide bonds. The molecule has 1 aromatic heterocycles. The lowest BCUT2D eigenvalue weighted by atomic mass is 9.93. The topological polar surface area (TPSA) is 16.1 Å². The van der Waals surface area contributed by atoms with Gasteiger partial charge < -0.3 is 4.90 Å².